The molecule has 2 aromatic carbocycles. The summed E-state index contributed by atoms with van der Waals surface area (Å²) in [4.78, 5) is 12.2. The lowest BCUT2D eigenvalue weighted by Gasteiger charge is -2.05. The summed E-state index contributed by atoms with van der Waals surface area (Å²) in [7, 11) is 0. The summed E-state index contributed by atoms with van der Waals surface area (Å²) in [5, 5.41) is 4.49. The van der Waals surface area contributed by atoms with Crippen molar-refractivity contribution in [1.29, 1.82) is 0 Å². The maximum Gasteiger partial charge on any atom is 0.291 e. The van der Waals surface area contributed by atoms with E-state index < -0.39 is 0 Å². The molecule has 0 fully saturated rings. The number of amides is 1. The minimum absolute atomic E-state index is 0.241. The molecule has 0 saturated heterocycles. The largest absolute Gasteiger partial charge is 0.451 e. The van der Waals surface area contributed by atoms with Gasteiger partial charge in [0.1, 0.15) is 5.58 Å². The molecule has 0 radical (unpaired) electrons. The summed E-state index contributed by atoms with van der Waals surface area (Å²) < 4.78 is 5.62. The van der Waals surface area contributed by atoms with Crippen molar-refractivity contribution in [3.05, 3.63) is 63.8 Å². The Morgan fingerprint density at radius 2 is 1.95 bits per heavy atom. The number of benzene rings is 2. The minimum Gasteiger partial charge on any atom is -0.451 e. The zero-order valence-corrected chi connectivity index (χ0v) is 12.6. The van der Waals surface area contributed by atoms with Crippen LogP contribution >= 0.6 is 23.2 Å². The van der Waals surface area contributed by atoms with E-state index in [2.05, 4.69) is 5.32 Å². The van der Waals surface area contributed by atoms with Gasteiger partial charge in [-0.3, -0.25) is 4.79 Å². The van der Waals surface area contributed by atoms with Crippen molar-refractivity contribution < 1.29 is 9.21 Å². The van der Waals surface area contributed by atoms with Gasteiger partial charge in [-0.1, -0.05) is 41.4 Å². The maximum atomic E-state index is 12.2. The van der Waals surface area contributed by atoms with Crippen molar-refractivity contribution in [1.82, 2.24) is 0 Å². The van der Waals surface area contributed by atoms with Gasteiger partial charge in [0, 0.05) is 10.4 Å². The van der Waals surface area contributed by atoms with E-state index in [4.69, 9.17) is 27.6 Å². The van der Waals surface area contributed by atoms with Gasteiger partial charge in [-0.05, 0) is 36.8 Å². The first-order valence-corrected chi connectivity index (χ1v) is 7.06. The number of halogens is 2. The van der Waals surface area contributed by atoms with Crippen LogP contribution in [-0.4, -0.2) is 5.91 Å². The highest BCUT2D eigenvalue weighted by Gasteiger charge is 2.14. The summed E-state index contributed by atoms with van der Waals surface area (Å²) in [6, 6.07) is 12.3. The number of fused-ring (bicyclic) bond motifs is 1. The molecule has 1 amide bonds. The van der Waals surface area contributed by atoms with E-state index in [0.29, 0.717) is 21.3 Å². The van der Waals surface area contributed by atoms with Gasteiger partial charge in [-0.25, -0.2) is 0 Å². The molecule has 5 heteroatoms. The van der Waals surface area contributed by atoms with Gasteiger partial charge < -0.3 is 9.73 Å². The molecule has 21 heavy (non-hydrogen) atoms. The Kier molecular flexibility index (Phi) is 3.62. The third-order valence-corrected chi connectivity index (χ3v) is 3.69. The Labute approximate surface area is 131 Å². The number of rotatable bonds is 2. The lowest BCUT2D eigenvalue weighted by Crippen LogP contribution is -2.11. The van der Waals surface area contributed by atoms with Crippen LogP contribution in [0, 0.1) is 6.92 Å². The molecule has 106 valence electrons. The lowest BCUT2D eigenvalue weighted by molar-refractivity contribution is 0.0998. The Morgan fingerprint density at radius 3 is 2.67 bits per heavy atom. The van der Waals surface area contributed by atoms with Crippen molar-refractivity contribution in [2.75, 3.05) is 5.32 Å². The van der Waals surface area contributed by atoms with Gasteiger partial charge in [0.05, 0.1) is 10.7 Å². The van der Waals surface area contributed by atoms with E-state index in [-0.39, 0.29) is 11.7 Å². The number of aryl methyl sites for hydroxylation is 1. The maximum absolute atomic E-state index is 12.2. The lowest BCUT2D eigenvalue weighted by atomic mass is 10.2. The van der Waals surface area contributed by atoms with E-state index in [9.17, 15) is 4.79 Å². The molecule has 0 bridgehead atoms. The minimum atomic E-state index is -0.352. The Balaban J connectivity index is 1.92. The number of carbonyl (C=O) groups is 1. The fraction of sp³-hybridized carbons (Fsp3) is 0.0625. The molecule has 1 heterocycles. The molecular weight excluding hydrogens is 309 g/mol. The van der Waals surface area contributed by atoms with Crippen LogP contribution in [0.5, 0.6) is 0 Å². The molecule has 0 saturated carbocycles. The Morgan fingerprint density at radius 1 is 1.14 bits per heavy atom. The van der Waals surface area contributed by atoms with Crippen molar-refractivity contribution in [2.24, 2.45) is 0 Å². The number of furan rings is 1. The molecule has 0 aliphatic rings. The average molecular weight is 320 g/mol. The van der Waals surface area contributed by atoms with E-state index in [1.165, 1.54) is 0 Å². The molecule has 3 aromatic rings. The van der Waals surface area contributed by atoms with Crippen LogP contribution in [-0.2, 0) is 0 Å². The number of carbonyl (C=O) groups excluding carboxylic acids is 1. The number of hydrogen-bond donors (Lipinski definition) is 1. The van der Waals surface area contributed by atoms with Gasteiger partial charge in [-0.15, -0.1) is 0 Å². The summed E-state index contributed by atoms with van der Waals surface area (Å²) in [6.45, 7) is 1.93. The third-order valence-electron chi connectivity index (χ3n) is 3.14. The van der Waals surface area contributed by atoms with Gasteiger partial charge in [-0.2, -0.15) is 0 Å². The Hall–Kier alpha value is -1.97. The molecule has 1 aromatic heterocycles. The highest BCUT2D eigenvalue weighted by Crippen LogP contribution is 2.27. The van der Waals surface area contributed by atoms with Crippen LogP contribution in [0.25, 0.3) is 11.0 Å². The first kappa shape index (κ1) is 14.0. The zero-order valence-electron chi connectivity index (χ0n) is 11.1. The molecule has 3 nitrogen and oxygen atoms in total. The van der Waals surface area contributed by atoms with Crippen LogP contribution in [0.4, 0.5) is 5.69 Å². The quantitative estimate of drug-likeness (QED) is 0.696. The summed E-state index contributed by atoms with van der Waals surface area (Å²) in [5.74, 6) is -0.111. The molecule has 0 unspecified atom stereocenters. The second-order valence-electron chi connectivity index (χ2n) is 4.68. The molecule has 0 aliphatic carbocycles. The van der Waals surface area contributed by atoms with Gasteiger partial charge >= 0.3 is 0 Å². The van der Waals surface area contributed by atoms with Gasteiger partial charge in [0.25, 0.3) is 5.91 Å². The molecule has 0 aliphatic heterocycles. The van der Waals surface area contributed by atoms with Crippen LogP contribution < -0.4 is 5.32 Å². The zero-order chi connectivity index (χ0) is 15.0. The monoisotopic (exact) mass is 319 g/mol. The molecular formula is C16H11Cl2NO2. The average Bonchev–Trinajstić information content (AvgIpc) is 2.87. The molecule has 0 atom stereocenters. The number of anilines is 1. The molecule has 0 spiro atoms. The van der Waals surface area contributed by atoms with Gasteiger partial charge in [0.15, 0.2) is 5.76 Å². The van der Waals surface area contributed by atoms with Crippen molar-refractivity contribution in [3.63, 3.8) is 0 Å². The van der Waals surface area contributed by atoms with E-state index >= 15 is 0 Å². The topological polar surface area (TPSA) is 42.2 Å². The van der Waals surface area contributed by atoms with E-state index in [1.807, 2.05) is 25.1 Å². The van der Waals surface area contributed by atoms with Crippen LogP contribution in [0.2, 0.25) is 10.0 Å². The number of hydrogen-bond acceptors (Lipinski definition) is 2. The fourth-order valence-electron chi connectivity index (χ4n) is 2.10. The van der Waals surface area contributed by atoms with Crippen LogP contribution in [0.15, 0.2) is 46.9 Å². The van der Waals surface area contributed by atoms with Gasteiger partial charge in [0.2, 0.25) is 0 Å². The molecule has 1 N–H and O–H groups in total. The molecule has 3 rings (SSSR count). The summed E-state index contributed by atoms with van der Waals surface area (Å²) in [6.07, 6.45) is 0. The Bertz CT molecular complexity index is 839. The highest BCUT2D eigenvalue weighted by molar-refractivity contribution is 6.36. The van der Waals surface area contributed by atoms with Crippen molar-refractivity contribution >= 4 is 45.8 Å². The third kappa shape index (κ3) is 2.75. The summed E-state index contributed by atoms with van der Waals surface area (Å²) in [5.41, 5.74) is 2.18. The highest BCUT2D eigenvalue weighted by atomic mass is 35.5. The van der Waals surface area contributed by atoms with Crippen LogP contribution in [0.3, 0.4) is 0 Å². The predicted molar refractivity (Wildman–Crippen MR) is 85.4 cm³/mol. The first-order valence-electron chi connectivity index (χ1n) is 6.30. The second-order valence-corrected chi connectivity index (χ2v) is 5.53. The number of nitrogens with one attached hydrogen (secondary N) is 1. The summed E-state index contributed by atoms with van der Waals surface area (Å²) >= 11 is 11.9. The van der Waals surface area contributed by atoms with Crippen molar-refractivity contribution in [3.8, 4) is 0 Å². The number of para-hydroxylation sites is 1. The standard InChI is InChI=1S/C16H11Cl2NO2/c1-9-3-2-4-10-7-14(21-15(9)10)16(20)19-13-6-5-11(17)8-12(13)18/h2-8H,1H3,(H,19,20). The first-order chi connectivity index (χ1) is 10.0. The van der Waals surface area contributed by atoms with E-state index in [1.54, 1.807) is 24.3 Å². The second kappa shape index (κ2) is 5.43. The SMILES string of the molecule is Cc1cccc2cc(C(=O)Nc3ccc(Cl)cc3Cl)oc12. The van der Waals surface area contributed by atoms with Crippen LogP contribution in [0.1, 0.15) is 16.1 Å². The smallest absolute Gasteiger partial charge is 0.291 e. The van der Waals surface area contributed by atoms with E-state index in [0.717, 1.165) is 10.9 Å². The fourth-order valence-corrected chi connectivity index (χ4v) is 2.55. The predicted octanol–water partition coefficient (Wildman–Crippen LogP) is 5.30. The van der Waals surface area contributed by atoms with Crippen molar-refractivity contribution in [2.45, 2.75) is 6.92 Å². The normalized spacial score (nSPS) is 10.8.